The summed E-state index contributed by atoms with van der Waals surface area (Å²) in [6.07, 6.45) is -2.30. The first-order valence-corrected chi connectivity index (χ1v) is 10.0. The molecule has 0 aliphatic heterocycles. The topological polar surface area (TPSA) is 64.7 Å². The average molecular weight is 462 g/mol. The highest BCUT2D eigenvalue weighted by molar-refractivity contribution is 9.10. The number of carbonyl (C=O) groups excluding carboxylic acids is 1. The molecule has 0 radical (unpaired) electrons. The van der Waals surface area contributed by atoms with Crippen molar-refractivity contribution in [2.24, 2.45) is 0 Å². The molecule has 2 aromatic rings. The van der Waals surface area contributed by atoms with Crippen molar-refractivity contribution in [1.29, 1.82) is 0 Å². The standard InChI is InChI=1S/C18H23BrF3N5O/c1-10-15(19)11(2)27(24-10)12(3)17(28)23-8-5-9-26-16(18(20,21)22)13-6-4-7-14(13)25-26/h12H,4-9H2,1-3H3,(H,23,28)/t12-/m1/s1. The van der Waals surface area contributed by atoms with E-state index in [2.05, 4.69) is 31.4 Å². The Morgan fingerprint density at radius 2 is 2.00 bits per heavy atom. The van der Waals surface area contributed by atoms with Crippen LogP contribution in [0.5, 0.6) is 0 Å². The number of nitrogens with zero attached hydrogens (tertiary/aromatic N) is 4. The van der Waals surface area contributed by atoms with Gasteiger partial charge in [-0.2, -0.15) is 23.4 Å². The van der Waals surface area contributed by atoms with Gasteiger partial charge in [0.2, 0.25) is 5.91 Å². The molecule has 0 fully saturated rings. The molecule has 0 saturated heterocycles. The van der Waals surface area contributed by atoms with Gasteiger partial charge in [-0.15, -0.1) is 0 Å². The number of carbonyl (C=O) groups is 1. The van der Waals surface area contributed by atoms with Crippen molar-refractivity contribution in [2.75, 3.05) is 6.54 Å². The van der Waals surface area contributed by atoms with Crippen LogP contribution in [-0.2, 0) is 30.4 Å². The van der Waals surface area contributed by atoms with Crippen molar-refractivity contribution < 1.29 is 18.0 Å². The maximum Gasteiger partial charge on any atom is 0.433 e. The predicted octanol–water partition coefficient (Wildman–Crippen LogP) is 3.73. The Labute approximate surface area is 169 Å². The quantitative estimate of drug-likeness (QED) is 0.666. The van der Waals surface area contributed by atoms with Crippen LogP contribution in [0.2, 0.25) is 0 Å². The van der Waals surface area contributed by atoms with E-state index in [9.17, 15) is 18.0 Å². The third-order valence-electron chi connectivity index (χ3n) is 5.07. The van der Waals surface area contributed by atoms with Gasteiger partial charge in [0.15, 0.2) is 0 Å². The molecule has 0 unspecified atom stereocenters. The minimum atomic E-state index is -4.41. The van der Waals surface area contributed by atoms with Crippen molar-refractivity contribution in [3.05, 3.63) is 32.8 Å². The second-order valence-electron chi connectivity index (χ2n) is 7.10. The Morgan fingerprint density at radius 1 is 1.29 bits per heavy atom. The summed E-state index contributed by atoms with van der Waals surface area (Å²) in [5.74, 6) is -0.225. The first kappa shape index (κ1) is 20.9. The van der Waals surface area contributed by atoms with Crippen LogP contribution in [0.15, 0.2) is 4.47 Å². The molecular formula is C18H23BrF3N5O. The van der Waals surface area contributed by atoms with Crippen molar-refractivity contribution >= 4 is 21.8 Å². The van der Waals surface area contributed by atoms with Crippen LogP contribution in [0.25, 0.3) is 0 Å². The smallest absolute Gasteiger partial charge is 0.354 e. The highest BCUT2D eigenvalue weighted by Gasteiger charge is 2.40. The van der Waals surface area contributed by atoms with Crippen LogP contribution >= 0.6 is 15.9 Å². The van der Waals surface area contributed by atoms with E-state index in [1.54, 1.807) is 11.6 Å². The number of hydrogen-bond acceptors (Lipinski definition) is 3. The van der Waals surface area contributed by atoms with Crippen molar-refractivity contribution in [3.8, 4) is 0 Å². The van der Waals surface area contributed by atoms with Gasteiger partial charge in [0.05, 0.1) is 21.6 Å². The van der Waals surface area contributed by atoms with E-state index < -0.39 is 17.9 Å². The van der Waals surface area contributed by atoms with Gasteiger partial charge < -0.3 is 5.32 Å². The molecule has 154 valence electrons. The van der Waals surface area contributed by atoms with Crippen LogP contribution < -0.4 is 5.32 Å². The van der Waals surface area contributed by atoms with E-state index in [0.29, 0.717) is 30.5 Å². The van der Waals surface area contributed by atoms with Gasteiger partial charge in [0, 0.05) is 18.7 Å². The second-order valence-corrected chi connectivity index (χ2v) is 7.89. The average Bonchev–Trinajstić information content (AvgIpc) is 3.26. The number of rotatable bonds is 6. The third-order valence-corrected chi connectivity index (χ3v) is 6.22. The molecule has 0 spiro atoms. The third kappa shape index (κ3) is 3.97. The molecule has 1 aliphatic rings. The monoisotopic (exact) mass is 461 g/mol. The van der Waals surface area contributed by atoms with Gasteiger partial charge >= 0.3 is 6.18 Å². The number of amides is 1. The molecular weight excluding hydrogens is 439 g/mol. The minimum Gasteiger partial charge on any atom is -0.354 e. The number of aryl methyl sites for hydroxylation is 3. The normalized spacial score (nSPS) is 15.0. The van der Waals surface area contributed by atoms with Crippen molar-refractivity contribution in [3.63, 3.8) is 0 Å². The molecule has 0 saturated carbocycles. The van der Waals surface area contributed by atoms with E-state index in [-0.39, 0.29) is 19.0 Å². The summed E-state index contributed by atoms with van der Waals surface area (Å²) >= 11 is 3.43. The fraction of sp³-hybridized carbons (Fsp3) is 0.611. The molecule has 1 N–H and O–H groups in total. The minimum absolute atomic E-state index is 0.113. The summed E-state index contributed by atoms with van der Waals surface area (Å²) in [5.41, 5.74) is 1.90. The lowest BCUT2D eigenvalue weighted by Crippen LogP contribution is -2.33. The summed E-state index contributed by atoms with van der Waals surface area (Å²) in [7, 11) is 0. The lowest BCUT2D eigenvalue weighted by Gasteiger charge is -2.15. The van der Waals surface area contributed by atoms with Crippen molar-refractivity contribution in [2.45, 2.75) is 65.2 Å². The van der Waals surface area contributed by atoms with Gasteiger partial charge in [0.25, 0.3) is 0 Å². The van der Waals surface area contributed by atoms with Gasteiger partial charge in [-0.1, -0.05) is 0 Å². The maximum absolute atomic E-state index is 13.4. The first-order chi connectivity index (χ1) is 13.1. The summed E-state index contributed by atoms with van der Waals surface area (Å²) in [4.78, 5) is 12.4. The number of nitrogens with one attached hydrogen (secondary N) is 1. The fourth-order valence-corrected chi connectivity index (χ4v) is 3.90. The van der Waals surface area contributed by atoms with Crippen LogP contribution in [0.3, 0.4) is 0 Å². The van der Waals surface area contributed by atoms with Crippen LogP contribution in [0.1, 0.15) is 54.1 Å². The Balaban J connectivity index is 1.58. The molecule has 1 amide bonds. The number of halogens is 4. The summed E-state index contributed by atoms with van der Waals surface area (Å²) in [6, 6.07) is -0.510. The van der Waals surface area contributed by atoms with Gasteiger partial charge in [-0.05, 0) is 62.4 Å². The molecule has 2 aromatic heterocycles. The Kier molecular flexibility index (Phi) is 5.88. The maximum atomic E-state index is 13.4. The van der Waals surface area contributed by atoms with Crippen LogP contribution in [-0.4, -0.2) is 32.0 Å². The fourth-order valence-electron chi connectivity index (χ4n) is 3.64. The molecule has 2 heterocycles. The molecule has 28 heavy (non-hydrogen) atoms. The van der Waals surface area contributed by atoms with E-state index in [4.69, 9.17) is 0 Å². The zero-order valence-electron chi connectivity index (χ0n) is 16.0. The second kappa shape index (κ2) is 7.88. The number of alkyl halides is 3. The largest absolute Gasteiger partial charge is 0.433 e. The van der Waals surface area contributed by atoms with Crippen LogP contribution in [0.4, 0.5) is 13.2 Å². The van der Waals surface area contributed by atoms with E-state index in [1.807, 2.05) is 13.8 Å². The number of aromatic nitrogens is 4. The number of fused-ring (bicyclic) bond motifs is 1. The summed E-state index contributed by atoms with van der Waals surface area (Å²) in [6.45, 7) is 5.83. The molecule has 0 bridgehead atoms. The van der Waals surface area contributed by atoms with E-state index >= 15 is 0 Å². The highest BCUT2D eigenvalue weighted by Crippen LogP contribution is 2.37. The lowest BCUT2D eigenvalue weighted by molar-refractivity contribution is -0.144. The lowest BCUT2D eigenvalue weighted by atomic mass is 10.2. The number of hydrogen-bond donors (Lipinski definition) is 1. The zero-order chi connectivity index (χ0) is 20.6. The van der Waals surface area contributed by atoms with Gasteiger partial charge in [0.1, 0.15) is 11.7 Å². The van der Waals surface area contributed by atoms with Gasteiger partial charge in [-0.25, -0.2) is 0 Å². The highest BCUT2D eigenvalue weighted by atomic mass is 79.9. The van der Waals surface area contributed by atoms with E-state index in [1.165, 1.54) is 0 Å². The molecule has 3 rings (SSSR count). The Bertz CT molecular complexity index is 887. The van der Waals surface area contributed by atoms with Crippen molar-refractivity contribution in [1.82, 2.24) is 24.9 Å². The SMILES string of the molecule is Cc1nn([C@H](C)C(=O)NCCCn2nc3c(c2C(F)(F)F)CCC3)c(C)c1Br. The van der Waals surface area contributed by atoms with E-state index in [0.717, 1.165) is 27.0 Å². The van der Waals surface area contributed by atoms with Crippen LogP contribution in [0, 0.1) is 13.8 Å². The summed E-state index contributed by atoms with van der Waals surface area (Å²) in [5, 5.41) is 11.3. The summed E-state index contributed by atoms with van der Waals surface area (Å²) < 4.78 is 43.7. The molecule has 0 aromatic carbocycles. The molecule has 1 atom stereocenters. The Hall–Kier alpha value is -1.84. The first-order valence-electron chi connectivity index (χ1n) is 9.26. The molecule has 10 heteroatoms. The zero-order valence-corrected chi connectivity index (χ0v) is 17.6. The molecule has 1 aliphatic carbocycles. The molecule has 6 nitrogen and oxygen atoms in total. The van der Waals surface area contributed by atoms with Gasteiger partial charge in [-0.3, -0.25) is 14.2 Å². The predicted molar refractivity (Wildman–Crippen MR) is 101 cm³/mol. The Morgan fingerprint density at radius 3 is 2.61 bits per heavy atom.